The number of hydrogen-bond donors (Lipinski definition) is 2. The molecule has 0 spiro atoms. The molecule has 1 unspecified atom stereocenters. The van der Waals surface area contributed by atoms with Crippen LogP contribution in [0.1, 0.15) is 57.9 Å². The fraction of sp³-hybridized carbons (Fsp3) is 0.257. The summed E-state index contributed by atoms with van der Waals surface area (Å²) in [7, 11) is 1.39. The van der Waals surface area contributed by atoms with E-state index >= 15 is 4.39 Å². The molecule has 2 N–H and O–H groups in total. The van der Waals surface area contributed by atoms with E-state index in [1.807, 2.05) is 55.5 Å². The van der Waals surface area contributed by atoms with E-state index in [1.54, 1.807) is 12.1 Å². The molecule has 43 heavy (non-hydrogen) atoms. The van der Waals surface area contributed by atoms with Crippen molar-refractivity contribution in [3.63, 3.8) is 0 Å². The second-order valence-corrected chi connectivity index (χ2v) is 11.6. The Kier molecular flexibility index (Phi) is 9.46. The fourth-order valence-electron chi connectivity index (χ4n) is 5.79. The number of nitrogens with one attached hydrogen (secondary N) is 1. The number of aromatic carboxylic acids is 1. The van der Waals surface area contributed by atoms with Crippen molar-refractivity contribution in [2.24, 2.45) is 0 Å². The van der Waals surface area contributed by atoms with Gasteiger partial charge in [0.1, 0.15) is 17.1 Å². The second kappa shape index (κ2) is 13.4. The number of anilines is 1. The topological polar surface area (TPSA) is 78.9 Å². The summed E-state index contributed by atoms with van der Waals surface area (Å²) in [5, 5.41) is 12.7. The van der Waals surface area contributed by atoms with Crippen LogP contribution in [0, 0.1) is 12.7 Å². The van der Waals surface area contributed by atoms with Gasteiger partial charge in [0, 0.05) is 34.4 Å². The third-order valence-corrected chi connectivity index (χ3v) is 8.69. The molecule has 6 nitrogen and oxygen atoms in total. The smallest absolute Gasteiger partial charge is 0.339 e. The Bertz CT molecular complexity index is 1640. The molecule has 5 rings (SSSR count). The predicted octanol–water partition coefficient (Wildman–Crippen LogP) is 7.71. The van der Waals surface area contributed by atoms with Gasteiger partial charge in [-0.1, -0.05) is 70.5 Å². The van der Waals surface area contributed by atoms with E-state index in [0.29, 0.717) is 21.2 Å². The Labute approximate surface area is 259 Å². The van der Waals surface area contributed by atoms with Gasteiger partial charge < -0.3 is 20.1 Å². The average molecular weight is 646 g/mol. The van der Waals surface area contributed by atoms with Crippen molar-refractivity contribution in [1.29, 1.82) is 0 Å². The van der Waals surface area contributed by atoms with Crippen LogP contribution in [-0.4, -0.2) is 37.2 Å². The van der Waals surface area contributed by atoms with Gasteiger partial charge in [-0.25, -0.2) is 9.18 Å². The molecule has 0 aromatic heterocycles. The summed E-state index contributed by atoms with van der Waals surface area (Å²) in [5.41, 5.74) is 5.44. The summed E-state index contributed by atoms with van der Waals surface area (Å²) >= 11 is 3.42. The van der Waals surface area contributed by atoms with E-state index in [-0.39, 0.29) is 29.5 Å². The van der Waals surface area contributed by atoms with E-state index in [1.165, 1.54) is 25.7 Å². The molecule has 1 aliphatic heterocycles. The number of rotatable bonds is 9. The molecule has 1 heterocycles. The number of carbonyl (C=O) groups excluding carboxylic acids is 1. The van der Waals surface area contributed by atoms with Crippen LogP contribution in [0.3, 0.4) is 0 Å². The van der Waals surface area contributed by atoms with Gasteiger partial charge in [-0.2, -0.15) is 0 Å². The molecule has 1 fully saturated rings. The van der Waals surface area contributed by atoms with Crippen LogP contribution in [0.4, 0.5) is 10.1 Å². The average Bonchev–Trinajstić information content (AvgIpc) is 3.01. The molecule has 1 aliphatic rings. The van der Waals surface area contributed by atoms with Gasteiger partial charge in [0.05, 0.1) is 19.6 Å². The molecule has 0 saturated carbocycles. The van der Waals surface area contributed by atoms with E-state index < -0.39 is 12.0 Å². The quantitative estimate of drug-likeness (QED) is 0.195. The zero-order chi connectivity index (χ0) is 30.5. The Morgan fingerprint density at radius 2 is 1.74 bits per heavy atom. The first kappa shape index (κ1) is 30.3. The van der Waals surface area contributed by atoms with Crippen LogP contribution < -0.4 is 15.0 Å². The van der Waals surface area contributed by atoms with Gasteiger partial charge in [-0.05, 0) is 72.7 Å². The number of hydrogen-bond acceptors (Lipinski definition) is 4. The Morgan fingerprint density at radius 1 is 1.00 bits per heavy atom. The number of halogens is 2. The van der Waals surface area contributed by atoms with Crippen molar-refractivity contribution in [1.82, 2.24) is 5.32 Å². The molecule has 1 amide bonds. The Morgan fingerprint density at radius 3 is 2.42 bits per heavy atom. The fourth-order valence-corrected chi connectivity index (χ4v) is 6.27. The summed E-state index contributed by atoms with van der Waals surface area (Å²) in [6.45, 7) is 3.85. The monoisotopic (exact) mass is 644 g/mol. The van der Waals surface area contributed by atoms with Crippen LogP contribution in [0.15, 0.2) is 83.3 Å². The molecule has 1 atom stereocenters. The van der Waals surface area contributed by atoms with Gasteiger partial charge in [0.15, 0.2) is 0 Å². The minimum Gasteiger partial charge on any atom is -0.496 e. The maximum absolute atomic E-state index is 15.7. The van der Waals surface area contributed by atoms with Crippen LogP contribution in [0.25, 0.3) is 11.1 Å². The van der Waals surface area contributed by atoms with Crippen molar-refractivity contribution in [3.8, 4) is 16.9 Å². The maximum atomic E-state index is 15.7. The molecule has 4 aromatic carbocycles. The lowest BCUT2D eigenvalue weighted by molar-refractivity contribution is -0.120. The third-order valence-electron chi connectivity index (χ3n) is 7.95. The van der Waals surface area contributed by atoms with Crippen molar-refractivity contribution in [2.75, 3.05) is 25.1 Å². The van der Waals surface area contributed by atoms with Crippen LogP contribution in [-0.2, 0) is 11.2 Å². The number of benzene rings is 4. The number of nitrogens with zero attached hydrogens (tertiary/aromatic N) is 1. The lowest BCUT2D eigenvalue weighted by atomic mass is 9.90. The van der Waals surface area contributed by atoms with Crippen molar-refractivity contribution >= 4 is 33.5 Å². The molecule has 222 valence electrons. The van der Waals surface area contributed by atoms with Gasteiger partial charge >= 0.3 is 5.97 Å². The number of methoxy groups -OCH3 is 1. The minimum atomic E-state index is -1.13. The molecular formula is C35H34BrFN2O4. The van der Waals surface area contributed by atoms with E-state index in [2.05, 4.69) is 32.2 Å². The van der Waals surface area contributed by atoms with Crippen molar-refractivity contribution < 1.29 is 23.8 Å². The van der Waals surface area contributed by atoms with E-state index in [9.17, 15) is 14.7 Å². The first-order chi connectivity index (χ1) is 20.8. The molecule has 0 radical (unpaired) electrons. The number of aryl methyl sites for hydroxylation is 1. The molecule has 1 saturated heterocycles. The highest BCUT2D eigenvalue weighted by Crippen LogP contribution is 2.37. The Balaban J connectivity index is 1.55. The molecule has 8 heteroatoms. The number of amides is 1. The largest absolute Gasteiger partial charge is 0.496 e. The number of carboxylic acid groups (broad SMARTS) is 1. The number of carbonyl (C=O) groups is 2. The van der Waals surface area contributed by atoms with Gasteiger partial charge in [0.2, 0.25) is 5.91 Å². The first-order valence-electron chi connectivity index (χ1n) is 14.3. The molecule has 4 aromatic rings. The summed E-state index contributed by atoms with van der Waals surface area (Å²) in [4.78, 5) is 27.7. The van der Waals surface area contributed by atoms with Gasteiger partial charge in [0.25, 0.3) is 0 Å². The molecule has 0 aliphatic carbocycles. The highest BCUT2D eigenvalue weighted by atomic mass is 79.9. The Hall–Kier alpha value is -4.17. The highest BCUT2D eigenvalue weighted by Gasteiger charge is 2.27. The lowest BCUT2D eigenvalue weighted by Gasteiger charge is -2.34. The second-order valence-electron chi connectivity index (χ2n) is 10.8. The number of carboxylic acids is 1. The lowest BCUT2D eigenvalue weighted by Crippen LogP contribution is -2.35. The van der Waals surface area contributed by atoms with Crippen LogP contribution >= 0.6 is 15.9 Å². The number of piperidine rings is 1. The van der Waals surface area contributed by atoms with Crippen LogP contribution in [0.5, 0.6) is 5.75 Å². The standard InChI is InChI=1S/C35H34BrFN2O4/c1-22-10-9-13-30(39-16-7-4-8-17-39)33(22)34(24-14-15-26(29(37)18-24)23-11-5-3-6-12-23)38-32(40)20-25-19-31(43-2)27(35(41)42)21-28(25)36/h3,5-6,9-15,18-19,21,34H,4,7-8,16-17,20H2,1-2H3,(H,38,40)(H,41,42). The maximum Gasteiger partial charge on any atom is 0.339 e. The summed E-state index contributed by atoms with van der Waals surface area (Å²) in [6.07, 6.45) is 3.33. The van der Waals surface area contributed by atoms with Crippen molar-refractivity contribution in [2.45, 2.75) is 38.6 Å². The minimum absolute atomic E-state index is 0.00326. The zero-order valence-electron chi connectivity index (χ0n) is 24.2. The molecular weight excluding hydrogens is 611 g/mol. The zero-order valence-corrected chi connectivity index (χ0v) is 25.8. The van der Waals surface area contributed by atoms with Crippen molar-refractivity contribution in [3.05, 3.63) is 117 Å². The normalized spacial score (nSPS) is 13.8. The predicted molar refractivity (Wildman–Crippen MR) is 170 cm³/mol. The van der Waals surface area contributed by atoms with E-state index in [0.717, 1.165) is 48.3 Å². The first-order valence-corrected chi connectivity index (χ1v) is 15.1. The summed E-state index contributed by atoms with van der Waals surface area (Å²) in [6, 6.07) is 23.0. The highest BCUT2D eigenvalue weighted by molar-refractivity contribution is 9.10. The third kappa shape index (κ3) is 6.75. The SMILES string of the molecule is COc1cc(CC(=O)NC(c2ccc(-c3ccccc3)c(F)c2)c2c(C)cccc2N2CCCCC2)c(Br)cc1C(=O)O. The summed E-state index contributed by atoms with van der Waals surface area (Å²) < 4.78 is 21.5. The van der Waals surface area contributed by atoms with Crippen LogP contribution in [0.2, 0.25) is 0 Å². The van der Waals surface area contributed by atoms with Gasteiger partial charge in [-0.15, -0.1) is 0 Å². The van der Waals surface area contributed by atoms with Gasteiger partial charge in [-0.3, -0.25) is 4.79 Å². The summed E-state index contributed by atoms with van der Waals surface area (Å²) in [5.74, 6) is -1.62. The molecule has 0 bridgehead atoms. The van der Waals surface area contributed by atoms with E-state index in [4.69, 9.17) is 4.74 Å². The number of ether oxygens (including phenoxy) is 1.